The third-order valence-electron chi connectivity index (χ3n) is 2.68. The molecule has 1 aromatic rings. The molecule has 0 unspecified atom stereocenters. The van der Waals surface area contributed by atoms with Gasteiger partial charge in [0, 0.05) is 25.6 Å². The predicted molar refractivity (Wildman–Crippen MR) is 68.7 cm³/mol. The first kappa shape index (κ1) is 13.9. The van der Waals surface area contributed by atoms with Crippen LogP contribution in [-0.4, -0.2) is 22.9 Å². The fourth-order valence-electron chi connectivity index (χ4n) is 1.66. The van der Waals surface area contributed by atoms with E-state index in [0.717, 1.165) is 12.1 Å². The van der Waals surface area contributed by atoms with Crippen molar-refractivity contribution >= 4 is 11.4 Å². The van der Waals surface area contributed by atoms with E-state index >= 15 is 0 Å². The highest BCUT2D eigenvalue weighted by Gasteiger charge is 2.13. The predicted octanol–water partition coefficient (Wildman–Crippen LogP) is 1.91. The fraction of sp³-hybridized carbons (Fsp3) is 0.417. The van der Waals surface area contributed by atoms with Crippen molar-refractivity contribution in [1.29, 1.82) is 5.26 Å². The van der Waals surface area contributed by atoms with E-state index in [1.165, 1.54) is 6.07 Å². The van der Waals surface area contributed by atoms with Crippen molar-refractivity contribution < 1.29 is 4.92 Å². The molecule has 0 radical (unpaired) electrons. The van der Waals surface area contributed by atoms with Crippen LogP contribution in [0.25, 0.3) is 0 Å². The molecule has 1 aromatic carbocycles. The number of nitrogen functional groups attached to an aromatic ring is 1. The second-order valence-corrected chi connectivity index (χ2v) is 3.93. The van der Waals surface area contributed by atoms with Crippen molar-refractivity contribution in [2.24, 2.45) is 0 Å². The zero-order valence-corrected chi connectivity index (χ0v) is 10.3. The lowest BCUT2D eigenvalue weighted by Gasteiger charge is -2.18. The van der Waals surface area contributed by atoms with Crippen molar-refractivity contribution in [1.82, 2.24) is 4.90 Å². The number of hydrogen-bond donors (Lipinski definition) is 1. The molecule has 1 rings (SSSR count). The van der Waals surface area contributed by atoms with Gasteiger partial charge in [-0.1, -0.05) is 13.0 Å². The minimum absolute atomic E-state index is 0.0659. The van der Waals surface area contributed by atoms with Gasteiger partial charge in [-0.25, -0.2) is 0 Å². The summed E-state index contributed by atoms with van der Waals surface area (Å²) >= 11 is 0. The molecule has 0 spiro atoms. The molecular formula is C12H16N4O2. The van der Waals surface area contributed by atoms with Crippen molar-refractivity contribution in [3.8, 4) is 6.07 Å². The largest absolute Gasteiger partial charge is 0.393 e. The van der Waals surface area contributed by atoms with E-state index in [0.29, 0.717) is 19.5 Å². The Morgan fingerprint density at radius 1 is 1.56 bits per heavy atom. The lowest BCUT2D eigenvalue weighted by atomic mass is 10.1. The second-order valence-electron chi connectivity index (χ2n) is 3.93. The lowest BCUT2D eigenvalue weighted by Crippen LogP contribution is -2.23. The number of nitrogens with two attached hydrogens (primary N) is 1. The summed E-state index contributed by atoms with van der Waals surface area (Å²) in [6, 6.07) is 6.90. The Bertz CT molecular complexity index is 468. The monoisotopic (exact) mass is 248 g/mol. The van der Waals surface area contributed by atoms with E-state index in [9.17, 15) is 10.1 Å². The van der Waals surface area contributed by atoms with Gasteiger partial charge in [-0.15, -0.1) is 0 Å². The Labute approximate surface area is 106 Å². The van der Waals surface area contributed by atoms with Gasteiger partial charge < -0.3 is 5.73 Å². The van der Waals surface area contributed by atoms with Crippen molar-refractivity contribution in [3.05, 3.63) is 33.9 Å². The van der Waals surface area contributed by atoms with Gasteiger partial charge in [-0.3, -0.25) is 15.0 Å². The number of nitrogens with zero attached hydrogens (tertiary/aromatic N) is 3. The summed E-state index contributed by atoms with van der Waals surface area (Å²) in [5, 5.41) is 19.3. The maximum atomic E-state index is 10.8. The van der Waals surface area contributed by atoms with E-state index in [4.69, 9.17) is 11.0 Å². The Balaban J connectivity index is 2.81. The average molecular weight is 248 g/mol. The van der Waals surface area contributed by atoms with E-state index in [1.807, 2.05) is 6.92 Å². The highest BCUT2D eigenvalue weighted by molar-refractivity contribution is 5.59. The highest BCUT2D eigenvalue weighted by atomic mass is 16.6. The molecule has 0 aliphatic heterocycles. The fourth-order valence-corrected chi connectivity index (χ4v) is 1.66. The summed E-state index contributed by atoms with van der Waals surface area (Å²) in [7, 11) is 0. The second kappa shape index (κ2) is 6.57. The normalized spacial score (nSPS) is 10.3. The molecule has 0 saturated carbocycles. The van der Waals surface area contributed by atoms with Crippen LogP contribution in [0.4, 0.5) is 11.4 Å². The number of nitro benzene ring substituents is 1. The third kappa shape index (κ3) is 3.71. The SMILES string of the molecule is CCN(CCC#N)Cc1ccc(N)c([N+](=O)[O-])c1. The molecule has 0 aliphatic carbocycles. The summed E-state index contributed by atoms with van der Waals surface area (Å²) < 4.78 is 0. The van der Waals surface area contributed by atoms with Crippen LogP contribution < -0.4 is 5.73 Å². The van der Waals surface area contributed by atoms with Crippen LogP contribution in [0.3, 0.4) is 0 Å². The zero-order valence-electron chi connectivity index (χ0n) is 10.3. The first-order valence-corrected chi connectivity index (χ1v) is 5.70. The molecule has 0 atom stereocenters. The van der Waals surface area contributed by atoms with E-state index < -0.39 is 4.92 Å². The molecule has 0 saturated heterocycles. The van der Waals surface area contributed by atoms with E-state index in [2.05, 4.69) is 11.0 Å². The van der Waals surface area contributed by atoms with Crippen molar-refractivity contribution in [2.75, 3.05) is 18.8 Å². The maximum absolute atomic E-state index is 10.8. The Kier molecular flexibility index (Phi) is 5.08. The molecule has 0 fully saturated rings. The molecular weight excluding hydrogens is 232 g/mol. The van der Waals surface area contributed by atoms with E-state index in [-0.39, 0.29) is 11.4 Å². The number of rotatable bonds is 6. The summed E-state index contributed by atoms with van der Waals surface area (Å²) in [6.45, 7) is 4.02. The first-order chi connectivity index (χ1) is 8.58. The number of anilines is 1. The molecule has 2 N–H and O–H groups in total. The maximum Gasteiger partial charge on any atom is 0.292 e. The molecule has 6 heteroatoms. The Hall–Kier alpha value is -2.13. The van der Waals surface area contributed by atoms with Gasteiger partial charge >= 0.3 is 0 Å². The smallest absolute Gasteiger partial charge is 0.292 e. The van der Waals surface area contributed by atoms with Crippen molar-refractivity contribution in [2.45, 2.75) is 19.9 Å². The van der Waals surface area contributed by atoms with Gasteiger partial charge in [-0.2, -0.15) is 5.26 Å². The molecule has 0 heterocycles. The van der Waals surface area contributed by atoms with Crippen LogP contribution in [0, 0.1) is 21.4 Å². The number of hydrogen-bond acceptors (Lipinski definition) is 5. The lowest BCUT2D eigenvalue weighted by molar-refractivity contribution is -0.384. The van der Waals surface area contributed by atoms with Crippen LogP contribution in [0.15, 0.2) is 18.2 Å². The zero-order chi connectivity index (χ0) is 13.5. The summed E-state index contributed by atoms with van der Waals surface area (Å²) in [4.78, 5) is 12.3. The van der Waals surface area contributed by atoms with Crippen LogP contribution in [0.2, 0.25) is 0 Å². The summed E-state index contributed by atoms with van der Waals surface area (Å²) in [5.74, 6) is 0. The van der Waals surface area contributed by atoms with Crippen molar-refractivity contribution in [3.63, 3.8) is 0 Å². The summed E-state index contributed by atoms with van der Waals surface area (Å²) in [6.07, 6.45) is 0.449. The minimum atomic E-state index is -0.482. The van der Waals surface area contributed by atoms with Gasteiger partial charge in [0.15, 0.2) is 0 Å². The van der Waals surface area contributed by atoms with Gasteiger partial charge in [0.2, 0.25) is 0 Å². The number of nitriles is 1. The number of nitro groups is 1. The molecule has 0 amide bonds. The van der Waals surface area contributed by atoms with E-state index in [1.54, 1.807) is 12.1 Å². The molecule has 6 nitrogen and oxygen atoms in total. The third-order valence-corrected chi connectivity index (χ3v) is 2.68. The number of benzene rings is 1. The van der Waals surface area contributed by atoms with Crippen LogP contribution in [0.5, 0.6) is 0 Å². The summed E-state index contributed by atoms with van der Waals surface area (Å²) in [5.41, 5.74) is 6.47. The quantitative estimate of drug-likeness (QED) is 0.471. The molecule has 18 heavy (non-hydrogen) atoms. The average Bonchev–Trinajstić information content (AvgIpc) is 2.36. The molecule has 96 valence electrons. The molecule has 0 aromatic heterocycles. The van der Waals surface area contributed by atoms with Gasteiger partial charge in [0.1, 0.15) is 5.69 Å². The first-order valence-electron chi connectivity index (χ1n) is 5.70. The van der Waals surface area contributed by atoms with Crippen LogP contribution >= 0.6 is 0 Å². The Morgan fingerprint density at radius 3 is 2.83 bits per heavy atom. The topological polar surface area (TPSA) is 96.2 Å². The molecule has 0 bridgehead atoms. The van der Waals surface area contributed by atoms with Crippen LogP contribution in [0.1, 0.15) is 18.9 Å². The van der Waals surface area contributed by atoms with Gasteiger partial charge in [0.25, 0.3) is 5.69 Å². The van der Waals surface area contributed by atoms with Gasteiger partial charge in [0.05, 0.1) is 11.0 Å². The highest BCUT2D eigenvalue weighted by Crippen LogP contribution is 2.23. The standard InChI is InChI=1S/C12H16N4O2/c1-2-15(7-3-6-13)9-10-4-5-11(14)12(8-10)16(17)18/h4-5,8H,2-3,7,9,14H2,1H3. The minimum Gasteiger partial charge on any atom is -0.393 e. The molecule has 0 aliphatic rings. The van der Waals surface area contributed by atoms with Crippen LogP contribution in [-0.2, 0) is 6.54 Å². The van der Waals surface area contributed by atoms with Gasteiger partial charge in [-0.05, 0) is 18.2 Å². The Morgan fingerprint density at radius 2 is 2.28 bits per heavy atom.